The summed E-state index contributed by atoms with van der Waals surface area (Å²) in [5.41, 5.74) is 0. The molecule has 2 aromatic rings. The van der Waals surface area contributed by atoms with Gasteiger partial charge in [0.15, 0.2) is 0 Å². The van der Waals surface area contributed by atoms with Crippen LogP contribution in [0.2, 0.25) is 0 Å². The van der Waals surface area contributed by atoms with Gasteiger partial charge in [0.1, 0.15) is 0 Å². The van der Waals surface area contributed by atoms with E-state index in [-0.39, 0.29) is 5.97 Å². The molecule has 0 aliphatic heterocycles. The topological polar surface area (TPSA) is 69.7 Å². The van der Waals surface area contributed by atoms with E-state index in [1.807, 2.05) is 48.5 Å². The van der Waals surface area contributed by atoms with Gasteiger partial charge in [-0.15, -0.1) is 12.1 Å². The van der Waals surface area contributed by atoms with Crippen molar-refractivity contribution >= 4 is 5.97 Å². The van der Waals surface area contributed by atoms with Crippen molar-refractivity contribution in [3.63, 3.8) is 0 Å². The molecule has 0 atom stereocenters. The van der Waals surface area contributed by atoms with E-state index in [1.54, 1.807) is 0 Å². The number of esters is 1. The van der Waals surface area contributed by atoms with Crippen LogP contribution < -0.4 is 4.74 Å². The minimum absolute atomic E-state index is 0.348. The van der Waals surface area contributed by atoms with Crippen LogP contribution in [0.3, 0.4) is 0 Å². The van der Waals surface area contributed by atoms with E-state index in [4.69, 9.17) is 17.2 Å². The second-order valence-corrected chi connectivity index (χ2v) is 7.13. The molecule has 0 aliphatic rings. The van der Waals surface area contributed by atoms with Crippen molar-refractivity contribution in [2.45, 2.75) is 71.6 Å². The smallest absolute Gasteiger partial charge is 0.288 e. The molecule has 2 rings (SSSR count). The van der Waals surface area contributed by atoms with Crippen LogP contribution in [0.25, 0.3) is 0 Å². The average molecular weight is 587 g/mol. The molecule has 0 saturated heterocycles. The van der Waals surface area contributed by atoms with Crippen molar-refractivity contribution in [3.05, 3.63) is 85.8 Å². The number of hydrogen-bond acceptors (Lipinski definition) is 5. The summed E-state index contributed by atoms with van der Waals surface area (Å²) in [6, 6.07) is 23.4. The summed E-state index contributed by atoms with van der Waals surface area (Å²) < 4.78 is 26.3. The molecule has 0 spiro atoms. The molecule has 0 bridgehead atoms. The van der Waals surface area contributed by atoms with Crippen LogP contribution in [0, 0.1) is 24.6 Å². The van der Waals surface area contributed by atoms with E-state index >= 15 is 0 Å². The number of carbonyl (C=O) groups excluding carboxylic acids is 1. The molecule has 0 fully saturated rings. The zero-order valence-corrected chi connectivity index (χ0v) is 23.5. The predicted molar refractivity (Wildman–Crippen MR) is 135 cm³/mol. The van der Waals surface area contributed by atoms with Crippen molar-refractivity contribution in [2.24, 2.45) is 0 Å². The fourth-order valence-corrected chi connectivity index (χ4v) is 2.53. The van der Waals surface area contributed by atoms with Crippen molar-refractivity contribution in [1.29, 1.82) is 0 Å². The van der Waals surface area contributed by atoms with E-state index in [2.05, 4.69) is 76.4 Å². The van der Waals surface area contributed by atoms with Gasteiger partial charge in [0.25, 0.3) is 0 Å². The van der Waals surface area contributed by atoms with E-state index < -0.39 is 0 Å². The Kier molecular flexibility index (Phi) is 40.3. The Labute approximate surface area is 235 Å². The standard InChI is InChI=1S/C15H19O3.C8H17.C6H4.2Co.2O/c1-2-15(16)18-13-9-4-3-8-12-17-14-10-6-5-7-11-14;1-3-5-7-8-6-4-2;1-2-4-6-5-3-1;;;;/h2,6-7,10-11H,1,3-4,8-9,12-13H2;3H,4-8H2,1-2H3;1-2,5-6H;;;;/q2*-1;-2;;;;. The molecular formula is C29H40Co2O5-4. The Morgan fingerprint density at radius 1 is 0.833 bits per heavy atom. The summed E-state index contributed by atoms with van der Waals surface area (Å²) in [5.74, 6) is 0.535. The van der Waals surface area contributed by atoms with Crippen molar-refractivity contribution in [2.75, 3.05) is 13.2 Å². The largest absolute Gasteiger partial charge is 0.319 e. The SMILES string of the molecule is C=CC(=O)OCCCCCCOc1cc[c-]cc1.C[CH-]CCCCCC.[O]=[Co].[O]=[Co].[c-]1cc[c-]cc1. The number of hydrogen-bond donors (Lipinski definition) is 0. The molecule has 0 saturated carbocycles. The summed E-state index contributed by atoms with van der Waals surface area (Å²) in [7, 11) is 0. The second-order valence-electron chi connectivity index (χ2n) is 7.13. The first-order chi connectivity index (χ1) is 17.7. The normalized spacial score (nSPS) is 8.67. The van der Waals surface area contributed by atoms with E-state index in [0.29, 0.717) is 6.61 Å². The zero-order chi connectivity index (χ0) is 27.5. The first kappa shape index (κ1) is 38.6. The third-order valence-corrected chi connectivity index (χ3v) is 4.30. The number of ether oxygens (including phenoxy) is 2. The van der Waals surface area contributed by atoms with Gasteiger partial charge in [0.05, 0.1) is 13.2 Å². The number of benzene rings is 2. The summed E-state index contributed by atoms with van der Waals surface area (Å²) in [6.45, 7) is 8.90. The Balaban J connectivity index is -0.000000498. The average Bonchev–Trinajstić information content (AvgIpc) is 2.97. The van der Waals surface area contributed by atoms with Crippen LogP contribution in [0.1, 0.15) is 71.6 Å². The molecule has 36 heavy (non-hydrogen) atoms. The molecule has 2 aromatic carbocycles. The Hall–Kier alpha value is -1.94. The van der Waals surface area contributed by atoms with Crippen molar-refractivity contribution in [3.8, 4) is 5.75 Å². The number of unbranched alkanes of at least 4 members (excludes halogenated alkanes) is 8. The van der Waals surface area contributed by atoms with Gasteiger partial charge in [0.2, 0.25) is 0 Å². The van der Waals surface area contributed by atoms with Crippen LogP contribution in [-0.4, -0.2) is 19.2 Å². The second kappa shape index (κ2) is 37.6. The summed E-state index contributed by atoms with van der Waals surface area (Å²) in [5, 5.41) is 0. The Bertz CT molecular complexity index is 637. The predicted octanol–water partition coefficient (Wildman–Crippen LogP) is 7.38. The monoisotopic (exact) mass is 586 g/mol. The summed E-state index contributed by atoms with van der Waals surface area (Å²) in [6.07, 6.45) is 14.3. The molecule has 0 aromatic heterocycles. The third kappa shape index (κ3) is 34.2. The molecule has 208 valence electrons. The fourth-order valence-electron chi connectivity index (χ4n) is 2.53. The van der Waals surface area contributed by atoms with Gasteiger partial charge < -0.3 is 28.0 Å². The maximum atomic E-state index is 10.7. The fraction of sp³-hybridized carbons (Fsp3) is 0.448. The molecule has 7 heteroatoms. The van der Waals surface area contributed by atoms with Gasteiger partial charge in [0, 0.05) is 11.8 Å². The van der Waals surface area contributed by atoms with Gasteiger partial charge in [-0.2, -0.15) is 31.5 Å². The first-order valence-electron chi connectivity index (χ1n) is 12.0. The van der Waals surface area contributed by atoms with E-state index in [1.165, 1.54) is 38.2 Å². The maximum Gasteiger partial charge on any atom is -0.288 e. The van der Waals surface area contributed by atoms with Gasteiger partial charge >= 0.3 is 45.0 Å². The minimum Gasteiger partial charge on any atom is -0.319 e. The molecule has 0 unspecified atom stereocenters. The number of rotatable bonds is 14. The van der Waals surface area contributed by atoms with Crippen LogP contribution in [0.15, 0.2) is 61.2 Å². The van der Waals surface area contributed by atoms with Crippen LogP contribution in [0.5, 0.6) is 5.75 Å². The van der Waals surface area contributed by atoms with E-state index in [0.717, 1.165) is 38.0 Å². The van der Waals surface area contributed by atoms with Gasteiger partial charge in [-0.25, -0.2) is 4.79 Å². The zero-order valence-electron chi connectivity index (χ0n) is 21.5. The van der Waals surface area contributed by atoms with Crippen molar-refractivity contribution < 1.29 is 53.3 Å². The Morgan fingerprint density at radius 3 is 1.81 bits per heavy atom. The minimum atomic E-state index is -0.348. The molecular weight excluding hydrogens is 546 g/mol. The molecule has 0 amide bonds. The van der Waals surface area contributed by atoms with Crippen molar-refractivity contribution in [1.82, 2.24) is 0 Å². The van der Waals surface area contributed by atoms with Gasteiger partial charge in [-0.05, 0) is 25.7 Å². The van der Waals surface area contributed by atoms with Gasteiger partial charge in [-0.1, -0.05) is 39.2 Å². The summed E-state index contributed by atoms with van der Waals surface area (Å²) in [4.78, 5) is 10.7. The maximum absolute atomic E-state index is 10.7. The molecule has 0 heterocycles. The van der Waals surface area contributed by atoms with E-state index in [9.17, 15) is 4.79 Å². The Morgan fingerprint density at radius 2 is 1.33 bits per heavy atom. The molecule has 0 N–H and O–H groups in total. The van der Waals surface area contributed by atoms with Crippen LogP contribution in [-0.2, 0) is 48.6 Å². The molecule has 0 radical (unpaired) electrons. The third-order valence-electron chi connectivity index (χ3n) is 4.30. The number of carbonyl (C=O) groups is 1. The first-order valence-corrected chi connectivity index (χ1v) is 12.8. The van der Waals surface area contributed by atoms with Crippen LogP contribution in [0.4, 0.5) is 0 Å². The van der Waals surface area contributed by atoms with Gasteiger partial charge in [-0.3, -0.25) is 24.3 Å². The van der Waals surface area contributed by atoms with Crippen LogP contribution >= 0.6 is 0 Å². The quantitative estimate of drug-likeness (QED) is 0.100. The molecule has 0 aliphatic carbocycles. The molecule has 5 nitrogen and oxygen atoms in total. The summed E-state index contributed by atoms with van der Waals surface area (Å²) >= 11 is 4.62.